The standard InChI is InChI=1S/C15H22IN3O/c1-18-8-10-19(11-9-18)7-3-6-17-15(20)13-4-2-5-14(16)12-13/h2,4-5,12H,3,6-11H2,1H3,(H,17,20). The molecular weight excluding hydrogens is 365 g/mol. The van der Waals surface area contributed by atoms with Crippen molar-refractivity contribution in [3.05, 3.63) is 33.4 Å². The van der Waals surface area contributed by atoms with Crippen molar-refractivity contribution in [3.8, 4) is 0 Å². The summed E-state index contributed by atoms with van der Waals surface area (Å²) >= 11 is 2.22. The maximum Gasteiger partial charge on any atom is 0.251 e. The molecule has 1 N–H and O–H groups in total. The molecule has 1 aliphatic heterocycles. The van der Waals surface area contributed by atoms with Crippen LogP contribution in [-0.4, -0.2) is 62.0 Å². The van der Waals surface area contributed by atoms with Crippen molar-refractivity contribution in [1.29, 1.82) is 0 Å². The van der Waals surface area contributed by atoms with Crippen LogP contribution in [0.5, 0.6) is 0 Å². The van der Waals surface area contributed by atoms with Crippen molar-refractivity contribution in [2.75, 3.05) is 46.3 Å². The molecular formula is C15H22IN3O. The molecule has 1 amide bonds. The van der Waals surface area contributed by atoms with Gasteiger partial charge in [-0.05, 0) is 60.8 Å². The van der Waals surface area contributed by atoms with Gasteiger partial charge in [0.05, 0.1) is 0 Å². The van der Waals surface area contributed by atoms with Crippen molar-refractivity contribution in [2.45, 2.75) is 6.42 Å². The predicted octanol–water partition coefficient (Wildman–Crippen LogP) is 1.66. The third-order valence-corrected chi connectivity index (χ3v) is 4.29. The quantitative estimate of drug-likeness (QED) is 0.617. The zero-order chi connectivity index (χ0) is 14.4. The Morgan fingerprint density at radius 1 is 1.30 bits per heavy atom. The van der Waals surface area contributed by atoms with Crippen LogP contribution in [-0.2, 0) is 0 Å². The van der Waals surface area contributed by atoms with Gasteiger partial charge in [-0.3, -0.25) is 4.79 Å². The summed E-state index contributed by atoms with van der Waals surface area (Å²) in [5, 5.41) is 3.00. The van der Waals surface area contributed by atoms with E-state index in [-0.39, 0.29) is 5.91 Å². The molecule has 5 heteroatoms. The smallest absolute Gasteiger partial charge is 0.251 e. The van der Waals surface area contributed by atoms with E-state index < -0.39 is 0 Å². The van der Waals surface area contributed by atoms with E-state index in [1.807, 2.05) is 24.3 Å². The molecule has 1 heterocycles. The largest absolute Gasteiger partial charge is 0.352 e. The second-order valence-corrected chi connectivity index (χ2v) is 6.51. The molecule has 0 unspecified atom stereocenters. The zero-order valence-electron chi connectivity index (χ0n) is 11.9. The maximum atomic E-state index is 12.0. The number of halogens is 1. The fourth-order valence-electron chi connectivity index (χ4n) is 2.31. The number of piperazine rings is 1. The van der Waals surface area contributed by atoms with Crippen molar-refractivity contribution in [1.82, 2.24) is 15.1 Å². The number of amides is 1. The molecule has 1 aromatic rings. The minimum atomic E-state index is 0.0295. The Hall–Kier alpha value is -0.660. The first kappa shape index (κ1) is 15.7. The third kappa shape index (κ3) is 5.03. The molecule has 20 heavy (non-hydrogen) atoms. The molecule has 1 saturated heterocycles. The highest BCUT2D eigenvalue weighted by Gasteiger charge is 2.13. The Morgan fingerprint density at radius 2 is 2.05 bits per heavy atom. The van der Waals surface area contributed by atoms with Gasteiger partial charge in [-0.2, -0.15) is 0 Å². The van der Waals surface area contributed by atoms with E-state index in [1.54, 1.807) is 0 Å². The summed E-state index contributed by atoms with van der Waals surface area (Å²) in [4.78, 5) is 16.8. The Balaban J connectivity index is 1.64. The van der Waals surface area contributed by atoms with Gasteiger partial charge < -0.3 is 15.1 Å². The number of carbonyl (C=O) groups excluding carboxylic acids is 1. The number of rotatable bonds is 5. The minimum Gasteiger partial charge on any atom is -0.352 e. The van der Waals surface area contributed by atoms with Crippen LogP contribution in [0.3, 0.4) is 0 Å². The number of benzene rings is 1. The molecule has 0 radical (unpaired) electrons. The van der Waals surface area contributed by atoms with Crippen molar-refractivity contribution in [3.63, 3.8) is 0 Å². The molecule has 2 rings (SSSR count). The lowest BCUT2D eigenvalue weighted by Gasteiger charge is -2.32. The molecule has 4 nitrogen and oxygen atoms in total. The zero-order valence-corrected chi connectivity index (χ0v) is 14.1. The summed E-state index contributed by atoms with van der Waals surface area (Å²) in [6, 6.07) is 7.68. The van der Waals surface area contributed by atoms with Crippen molar-refractivity contribution < 1.29 is 4.79 Å². The van der Waals surface area contributed by atoms with Crippen molar-refractivity contribution >= 4 is 28.5 Å². The first-order valence-electron chi connectivity index (χ1n) is 7.10. The molecule has 0 atom stereocenters. The van der Waals surface area contributed by atoms with Crippen LogP contribution in [0, 0.1) is 3.57 Å². The van der Waals surface area contributed by atoms with Gasteiger partial charge in [-0.25, -0.2) is 0 Å². The fourth-order valence-corrected chi connectivity index (χ4v) is 2.85. The molecule has 0 aliphatic carbocycles. The third-order valence-electron chi connectivity index (χ3n) is 3.62. The number of hydrogen-bond donors (Lipinski definition) is 1. The molecule has 0 saturated carbocycles. The lowest BCUT2D eigenvalue weighted by Crippen LogP contribution is -2.45. The van der Waals surface area contributed by atoms with Gasteiger partial charge in [0.25, 0.3) is 5.91 Å². The lowest BCUT2D eigenvalue weighted by atomic mass is 10.2. The highest BCUT2D eigenvalue weighted by molar-refractivity contribution is 14.1. The van der Waals surface area contributed by atoms with Gasteiger partial charge in [-0.1, -0.05) is 6.07 Å². The summed E-state index contributed by atoms with van der Waals surface area (Å²) < 4.78 is 1.09. The van der Waals surface area contributed by atoms with E-state index in [1.165, 1.54) is 0 Å². The second-order valence-electron chi connectivity index (χ2n) is 5.26. The highest BCUT2D eigenvalue weighted by Crippen LogP contribution is 2.07. The van der Waals surface area contributed by atoms with Gasteiger partial charge in [0.1, 0.15) is 0 Å². The van der Waals surface area contributed by atoms with Gasteiger partial charge in [0.2, 0.25) is 0 Å². The summed E-state index contributed by atoms with van der Waals surface area (Å²) in [6.45, 7) is 6.39. The summed E-state index contributed by atoms with van der Waals surface area (Å²) in [7, 11) is 2.17. The molecule has 1 aliphatic rings. The molecule has 0 spiro atoms. The molecule has 0 aromatic heterocycles. The van der Waals surface area contributed by atoms with E-state index in [0.717, 1.165) is 54.8 Å². The number of likely N-dealkylation sites (N-methyl/N-ethyl adjacent to an activating group) is 1. The van der Waals surface area contributed by atoms with E-state index in [0.29, 0.717) is 0 Å². The Bertz CT molecular complexity index is 444. The summed E-state index contributed by atoms with van der Waals surface area (Å²) in [6.07, 6.45) is 1.01. The first-order valence-corrected chi connectivity index (χ1v) is 8.18. The number of nitrogens with one attached hydrogen (secondary N) is 1. The minimum absolute atomic E-state index is 0.0295. The van der Waals surface area contributed by atoms with E-state index in [9.17, 15) is 4.79 Å². The van der Waals surface area contributed by atoms with E-state index >= 15 is 0 Å². The van der Waals surface area contributed by atoms with Gasteiger partial charge in [-0.15, -0.1) is 0 Å². The monoisotopic (exact) mass is 387 g/mol. The van der Waals surface area contributed by atoms with Gasteiger partial charge >= 0.3 is 0 Å². The topological polar surface area (TPSA) is 35.6 Å². The first-order chi connectivity index (χ1) is 9.65. The van der Waals surface area contributed by atoms with Crippen LogP contribution in [0.1, 0.15) is 16.8 Å². The summed E-state index contributed by atoms with van der Waals surface area (Å²) in [5.74, 6) is 0.0295. The van der Waals surface area contributed by atoms with Crippen LogP contribution >= 0.6 is 22.6 Å². The molecule has 1 aromatic carbocycles. The van der Waals surface area contributed by atoms with E-state index in [2.05, 4.69) is 44.8 Å². The van der Waals surface area contributed by atoms with Crippen molar-refractivity contribution in [2.24, 2.45) is 0 Å². The average Bonchev–Trinajstić information content (AvgIpc) is 2.45. The summed E-state index contributed by atoms with van der Waals surface area (Å²) in [5.41, 5.74) is 0.747. The second kappa shape index (κ2) is 7.95. The predicted molar refractivity (Wildman–Crippen MR) is 90.0 cm³/mol. The average molecular weight is 387 g/mol. The van der Waals surface area contributed by atoms with Crippen LogP contribution in [0.25, 0.3) is 0 Å². The van der Waals surface area contributed by atoms with Gasteiger partial charge in [0.15, 0.2) is 0 Å². The normalized spacial score (nSPS) is 17.1. The Labute approximate surface area is 134 Å². The number of carbonyl (C=O) groups is 1. The lowest BCUT2D eigenvalue weighted by molar-refractivity contribution is 0.0949. The SMILES string of the molecule is CN1CCN(CCCNC(=O)c2cccc(I)c2)CC1. The maximum absolute atomic E-state index is 12.0. The van der Waals surface area contributed by atoms with Crippen LogP contribution in [0.15, 0.2) is 24.3 Å². The number of hydrogen-bond acceptors (Lipinski definition) is 3. The Kier molecular flexibility index (Phi) is 6.25. The van der Waals surface area contributed by atoms with Crippen LogP contribution in [0.2, 0.25) is 0 Å². The number of nitrogens with zero attached hydrogens (tertiary/aromatic N) is 2. The Morgan fingerprint density at radius 3 is 2.75 bits per heavy atom. The molecule has 110 valence electrons. The molecule has 0 bridgehead atoms. The van der Waals surface area contributed by atoms with E-state index in [4.69, 9.17) is 0 Å². The van der Waals surface area contributed by atoms with Crippen LogP contribution < -0.4 is 5.32 Å². The molecule has 1 fully saturated rings. The van der Waals surface area contributed by atoms with Crippen LogP contribution in [0.4, 0.5) is 0 Å². The fraction of sp³-hybridized carbons (Fsp3) is 0.533. The highest BCUT2D eigenvalue weighted by atomic mass is 127. The van der Waals surface area contributed by atoms with Gasteiger partial charge in [0, 0.05) is 41.9 Å².